The van der Waals surface area contributed by atoms with Crippen molar-refractivity contribution in [1.82, 2.24) is 14.1 Å². The summed E-state index contributed by atoms with van der Waals surface area (Å²) in [5, 5.41) is 6.29. The summed E-state index contributed by atoms with van der Waals surface area (Å²) in [5.74, 6) is 1.91. The zero-order chi connectivity index (χ0) is 23.7. The van der Waals surface area contributed by atoms with Crippen molar-refractivity contribution < 1.29 is 0 Å². The van der Waals surface area contributed by atoms with Crippen molar-refractivity contribution in [3.8, 4) is 11.4 Å². The molecule has 3 nitrogen and oxygen atoms in total. The van der Waals surface area contributed by atoms with Gasteiger partial charge in [-0.05, 0) is 51.9 Å². The van der Waals surface area contributed by atoms with Crippen LogP contribution in [0.1, 0.15) is 50.7 Å². The van der Waals surface area contributed by atoms with Crippen LogP contribution in [0.15, 0.2) is 66.9 Å². The second-order valence-corrected chi connectivity index (χ2v) is 10.2. The molecule has 170 valence electrons. The zero-order valence-electron chi connectivity index (χ0n) is 20.8. The van der Waals surface area contributed by atoms with Gasteiger partial charge in [-0.15, -0.1) is 0 Å². The summed E-state index contributed by atoms with van der Waals surface area (Å²) in [6.45, 7) is 9.12. The van der Waals surface area contributed by atoms with Crippen LogP contribution in [0, 0.1) is 0 Å². The Bertz CT molecular complexity index is 1700. The number of hydrogen-bond acceptors (Lipinski definition) is 1. The molecule has 2 aromatic heterocycles. The summed E-state index contributed by atoms with van der Waals surface area (Å²) in [6.07, 6.45) is 2.14. The lowest BCUT2D eigenvalue weighted by Crippen LogP contribution is -2.04. The lowest BCUT2D eigenvalue weighted by molar-refractivity contribution is 0.828. The molecule has 0 N–H and O–H groups in total. The number of nitrogens with zero attached hydrogens (tertiary/aromatic N) is 3. The van der Waals surface area contributed by atoms with Gasteiger partial charge in [0, 0.05) is 47.5 Å². The van der Waals surface area contributed by atoms with Crippen LogP contribution in [0.4, 0.5) is 0 Å². The predicted octanol–water partition coefficient (Wildman–Crippen LogP) is 8.29. The second kappa shape index (κ2) is 7.46. The molecule has 6 aromatic rings. The third-order valence-corrected chi connectivity index (χ3v) is 7.44. The quantitative estimate of drug-likeness (QED) is 0.251. The number of aryl methyl sites for hydroxylation is 2. The summed E-state index contributed by atoms with van der Waals surface area (Å²) in [5.41, 5.74) is 7.58. The van der Waals surface area contributed by atoms with Gasteiger partial charge in [0.2, 0.25) is 0 Å². The van der Waals surface area contributed by atoms with Gasteiger partial charge in [-0.2, -0.15) is 0 Å². The molecule has 0 amide bonds. The van der Waals surface area contributed by atoms with E-state index in [1.807, 2.05) is 0 Å². The molecule has 0 saturated heterocycles. The summed E-state index contributed by atoms with van der Waals surface area (Å²) in [7, 11) is 4.31. The number of fused-ring (bicyclic) bond motifs is 7. The smallest absolute Gasteiger partial charge is 0.141 e. The summed E-state index contributed by atoms with van der Waals surface area (Å²) in [6, 6.07) is 22.4. The van der Waals surface area contributed by atoms with E-state index in [2.05, 4.69) is 118 Å². The summed E-state index contributed by atoms with van der Waals surface area (Å²) in [4.78, 5) is 5.39. The van der Waals surface area contributed by atoms with Crippen molar-refractivity contribution in [2.75, 3.05) is 0 Å². The fraction of sp³-hybridized carbons (Fsp3) is 0.258. The predicted molar refractivity (Wildman–Crippen MR) is 146 cm³/mol. The van der Waals surface area contributed by atoms with E-state index in [1.165, 1.54) is 54.7 Å². The SMILES string of the molecule is CC(C)c1cccc(C(C)C)c1-c1nc2c3ccccc3c3cc4c(ccn4C)cc3c2n1C. The highest BCUT2D eigenvalue weighted by Gasteiger charge is 2.23. The Kier molecular flexibility index (Phi) is 4.60. The van der Waals surface area contributed by atoms with E-state index in [4.69, 9.17) is 4.98 Å². The third kappa shape index (κ3) is 2.86. The molecule has 0 aliphatic rings. The van der Waals surface area contributed by atoms with Gasteiger partial charge in [0.15, 0.2) is 0 Å². The van der Waals surface area contributed by atoms with E-state index >= 15 is 0 Å². The van der Waals surface area contributed by atoms with Crippen molar-refractivity contribution in [3.05, 3.63) is 78.0 Å². The first kappa shape index (κ1) is 21.0. The minimum Gasteiger partial charge on any atom is -0.351 e. The molecule has 0 bridgehead atoms. The van der Waals surface area contributed by atoms with Crippen LogP contribution >= 0.6 is 0 Å². The molecule has 0 aliphatic heterocycles. The van der Waals surface area contributed by atoms with E-state index in [1.54, 1.807) is 0 Å². The Morgan fingerprint density at radius 2 is 1.38 bits per heavy atom. The maximum atomic E-state index is 5.39. The highest BCUT2D eigenvalue weighted by atomic mass is 15.1. The number of hydrogen-bond donors (Lipinski definition) is 0. The van der Waals surface area contributed by atoms with E-state index in [9.17, 15) is 0 Å². The van der Waals surface area contributed by atoms with E-state index in [0.29, 0.717) is 11.8 Å². The number of benzene rings is 4. The van der Waals surface area contributed by atoms with Gasteiger partial charge >= 0.3 is 0 Å². The lowest BCUT2D eigenvalue weighted by atomic mass is 9.88. The maximum Gasteiger partial charge on any atom is 0.141 e. The van der Waals surface area contributed by atoms with Crippen LogP contribution in [-0.2, 0) is 14.1 Å². The Morgan fingerprint density at radius 1 is 0.706 bits per heavy atom. The molecule has 0 aliphatic carbocycles. The van der Waals surface area contributed by atoms with Gasteiger partial charge < -0.3 is 9.13 Å². The zero-order valence-corrected chi connectivity index (χ0v) is 20.8. The molecule has 0 atom stereocenters. The Morgan fingerprint density at radius 3 is 2.06 bits per heavy atom. The number of aromatic nitrogens is 3. The van der Waals surface area contributed by atoms with Gasteiger partial charge in [0.25, 0.3) is 0 Å². The van der Waals surface area contributed by atoms with Gasteiger partial charge in [0.05, 0.1) is 11.0 Å². The third-order valence-electron chi connectivity index (χ3n) is 7.44. The molecule has 2 heterocycles. The van der Waals surface area contributed by atoms with E-state index in [-0.39, 0.29) is 0 Å². The van der Waals surface area contributed by atoms with E-state index < -0.39 is 0 Å². The number of imidazole rings is 1. The molecule has 6 rings (SSSR count). The van der Waals surface area contributed by atoms with Gasteiger partial charge in [-0.3, -0.25) is 0 Å². The topological polar surface area (TPSA) is 22.8 Å². The van der Waals surface area contributed by atoms with Crippen molar-refractivity contribution in [2.45, 2.75) is 39.5 Å². The molecule has 0 spiro atoms. The largest absolute Gasteiger partial charge is 0.351 e. The van der Waals surface area contributed by atoms with Crippen LogP contribution in [0.25, 0.3) is 54.9 Å². The monoisotopic (exact) mass is 445 g/mol. The van der Waals surface area contributed by atoms with Crippen molar-refractivity contribution in [2.24, 2.45) is 14.1 Å². The Balaban J connectivity index is 1.83. The van der Waals surface area contributed by atoms with Crippen molar-refractivity contribution >= 4 is 43.5 Å². The Labute approximate surface area is 200 Å². The Hall–Kier alpha value is -3.59. The van der Waals surface area contributed by atoms with Crippen LogP contribution in [0.2, 0.25) is 0 Å². The highest BCUT2D eigenvalue weighted by molar-refractivity contribution is 6.25. The second-order valence-electron chi connectivity index (χ2n) is 10.2. The normalized spacial score (nSPS) is 12.4. The van der Waals surface area contributed by atoms with E-state index in [0.717, 1.165) is 11.3 Å². The van der Waals surface area contributed by atoms with Crippen LogP contribution in [0.3, 0.4) is 0 Å². The molecule has 0 radical (unpaired) electrons. The van der Waals surface area contributed by atoms with Crippen LogP contribution in [0.5, 0.6) is 0 Å². The molecular weight excluding hydrogens is 414 g/mol. The molecule has 0 fully saturated rings. The highest BCUT2D eigenvalue weighted by Crippen LogP contribution is 2.41. The first-order valence-electron chi connectivity index (χ1n) is 12.3. The molecule has 4 aromatic carbocycles. The lowest BCUT2D eigenvalue weighted by Gasteiger charge is -2.19. The minimum atomic E-state index is 0.422. The molecule has 0 unspecified atom stereocenters. The summed E-state index contributed by atoms with van der Waals surface area (Å²) >= 11 is 0. The number of rotatable bonds is 3. The standard InChI is InChI=1S/C31H31N3/c1-18(2)21-12-9-13-22(19(3)4)28(21)31-32-29-24-11-8-7-10-23(24)25-17-27-20(14-15-33(27)5)16-26(25)30(29)34(31)6/h7-19H,1-6H3. The fourth-order valence-electron chi connectivity index (χ4n) is 5.69. The summed E-state index contributed by atoms with van der Waals surface area (Å²) < 4.78 is 4.54. The average molecular weight is 446 g/mol. The molecular formula is C31H31N3. The maximum absolute atomic E-state index is 5.39. The van der Waals surface area contributed by atoms with Gasteiger partial charge in [-0.25, -0.2) is 4.98 Å². The van der Waals surface area contributed by atoms with Crippen LogP contribution in [-0.4, -0.2) is 14.1 Å². The molecule has 3 heteroatoms. The molecule has 34 heavy (non-hydrogen) atoms. The molecule has 0 saturated carbocycles. The average Bonchev–Trinajstić information content (AvgIpc) is 3.37. The first-order valence-corrected chi connectivity index (χ1v) is 12.3. The van der Waals surface area contributed by atoms with Crippen LogP contribution < -0.4 is 0 Å². The van der Waals surface area contributed by atoms with Crippen molar-refractivity contribution in [1.29, 1.82) is 0 Å². The van der Waals surface area contributed by atoms with Gasteiger partial charge in [-0.1, -0.05) is 70.2 Å². The fourth-order valence-corrected chi connectivity index (χ4v) is 5.69. The van der Waals surface area contributed by atoms with Gasteiger partial charge in [0.1, 0.15) is 5.82 Å². The first-order chi connectivity index (χ1) is 16.4. The van der Waals surface area contributed by atoms with Crippen molar-refractivity contribution in [3.63, 3.8) is 0 Å². The minimum absolute atomic E-state index is 0.422.